The second kappa shape index (κ2) is 8.11. The maximum Gasteiger partial charge on any atom is 0.225 e. The Bertz CT molecular complexity index is 1070. The maximum absolute atomic E-state index is 12.2. The molecule has 158 valence electrons. The van der Waals surface area contributed by atoms with Crippen molar-refractivity contribution < 1.29 is 4.79 Å². The standard InChI is InChI=1S/C20H26N8OS/c1-11(2)19(29)28-6-4-27(5-7-28)10-14-12(3)15-16(30-14)17(21)26-18(25-15)13-8-23-20(22)24-9-13/h8-9,11H,4-7,10H2,1-3H3,(H2,21,25,26)(H2,22,23,24). The van der Waals surface area contributed by atoms with Gasteiger partial charge in [0, 0.05) is 55.9 Å². The average molecular weight is 427 g/mol. The molecule has 0 radical (unpaired) electrons. The summed E-state index contributed by atoms with van der Waals surface area (Å²) < 4.78 is 0.899. The van der Waals surface area contributed by atoms with E-state index in [0.717, 1.165) is 48.5 Å². The molecular weight excluding hydrogens is 400 g/mol. The van der Waals surface area contributed by atoms with Gasteiger partial charge in [0.2, 0.25) is 11.9 Å². The highest BCUT2D eigenvalue weighted by Gasteiger charge is 2.24. The van der Waals surface area contributed by atoms with Crippen LogP contribution in [0.4, 0.5) is 11.8 Å². The summed E-state index contributed by atoms with van der Waals surface area (Å²) in [5, 5.41) is 0. The van der Waals surface area contributed by atoms with Gasteiger partial charge in [-0.1, -0.05) is 13.8 Å². The number of aryl methyl sites for hydroxylation is 1. The SMILES string of the molecule is Cc1c(CN2CCN(C(=O)C(C)C)CC2)sc2c(N)nc(-c3cnc(N)nc3)nc12. The predicted molar refractivity (Wildman–Crippen MR) is 119 cm³/mol. The lowest BCUT2D eigenvalue weighted by molar-refractivity contribution is -0.136. The minimum Gasteiger partial charge on any atom is -0.382 e. The number of thiophene rings is 1. The number of hydrogen-bond donors (Lipinski definition) is 2. The van der Waals surface area contributed by atoms with Gasteiger partial charge in [-0.05, 0) is 12.5 Å². The molecule has 0 unspecified atom stereocenters. The molecule has 4 N–H and O–H groups in total. The van der Waals surface area contributed by atoms with Crippen molar-refractivity contribution in [3.05, 3.63) is 22.8 Å². The highest BCUT2D eigenvalue weighted by molar-refractivity contribution is 7.19. The first-order chi connectivity index (χ1) is 14.3. The van der Waals surface area contributed by atoms with Gasteiger partial charge in [0.15, 0.2) is 5.82 Å². The normalized spacial score (nSPS) is 15.3. The molecule has 0 spiro atoms. The molecule has 4 heterocycles. The number of rotatable bonds is 4. The first-order valence-corrected chi connectivity index (χ1v) is 10.8. The van der Waals surface area contributed by atoms with E-state index in [9.17, 15) is 4.79 Å². The van der Waals surface area contributed by atoms with E-state index < -0.39 is 0 Å². The number of anilines is 2. The number of nitrogens with two attached hydrogens (primary N) is 2. The molecule has 9 nitrogen and oxygen atoms in total. The summed E-state index contributed by atoms with van der Waals surface area (Å²) in [5.74, 6) is 1.43. The quantitative estimate of drug-likeness (QED) is 0.648. The highest BCUT2D eigenvalue weighted by Crippen LogP contribution is 2.35. The number of aromatic nitrogens is 4. The van der Waals surface area contributed by atoms with Crippen LogP contribution in [0, 0.1) is 12.8 Å². The van der Waals surface area contributed by atoms with Gasteiger partial charge in [0.1, 0.15) is 5.82 Å². The molecule has 3 aromatic rings. The van der Waals surface area contributed by atoms with Crippen molar-refractivity contribution in [2.75, 3.05) is 37.6 Å². The Morgan fingerprint density at radius 3 is 2.43 bits per heavy atom. The van der Waals surface area contributed by atoms with Crippen molar-refractivity contribution >= 4 is 39.2 Å². The number of nitrogens with zero attached hydrogens (tertiary/aromatic N) is 6. The maximum atomic E-state index is 12.2. The Balaban J connectivity index is 1.55. The summed E-state index contributed by atoms with van der Waals surface area (Å²) >= 11 is 1.64. The van der Waals surface area contributed by atoms with Crippen LogP contribution < -0.4 is 11.5 Å². The summed E-state index contributed by atoms with van der Waals surface area (Å²) in [6.07, 6.45) is 3.20. The third-order valence-corrected chi connectivity index (χ3v) is 6.65. The van der Waals surface area contributed by atoms with E-state index in [1.165, 1.54) is 4.88 Å². The van der Waals surface area contributed by atoms with E-state index in [2.05, 4.69) is 26.8 Å². The van der Waals surface area contributed by atoms with Gasteiger partial charge < -0.3 is 16.4 Å². The van der Waals surface area contributed by atoms with Crippen LogP contribution in [0.1, 0.15) is 24.3 Å². The summed E-state index contributed by atoms with van der Waals surface area (Å²) in [6.45, 7) is 10.0. The lowest BCUT2D eigenvalue weighted by atomic mass is 10.1. The van der Waals surface area contributed by atoms with E-state index in [-0.39, 0.29) is 17.8 Å². The Labute approximate surface area is 179 Å². The summed E-state index contributed by atoms with van der Waals surface area (Å²) in [5.41, 5.74) is 14.5. The molecule has 1 aliphatic rings. The molecule has 1 aliphatic heterocycles. The van der Waals surface area contributed by atoms with Gasteiger partial charge in [-0.3, -0.25) is 9.69 Å². The summed E-state index contributed by atoms with van der Waals surface area (Å²) in [4.78, 5) is 35.0. The summed E-state index contributed by atoms with van der Waals surface area (Å²) in [6, 6.07) is 0. The van der Waals surface area contributed by atoms with Crippen molar-refractivity contribution in [3.8, 4) is 11.4 Å². The van der Waals surface area contributed by atoms with Crippen LogP contribution in [-0.4, -0.2) is 61.8 Å². The molecule has 4 rings (SSSR count). The first kappa shape index (κ1) is 20.4. The molecule has 10 heteroatoms. The van der Waals surface area contributed by atoms with E-state index in [4.69, 9.17) is 16.5 Å². The van der Waals surface area contributed by atoms with Crippen LogP contribution in [0.3, 0.4) is 0 Å². The lowest BCUT2D eigenvalue weighted by Gasteiger charge is -2.35. The van der Waals surface area contributed by atoms with Gasteiger partial charge in [0.05, 0.1) is 15.8 Å². The van der Waals surface area contributed by atoms with E-state index >= 15 is 0 Å². The van der Waals surface area contributed by atoms with E-state index in [1.807, 2.05) is 18.7 Å². The van der Waals surface area contributed by atoms with Gasteiger partial charge in [-0.25, -0.2) is 19.9 Å². The number of amides is 1. The molecule has 1 fully saturated rings. The fraction of sp³-hybridized carbons (Fsp3) is 0.450. The van der Waals surface area contributed by atoms with Crippen LogP contribution in [0.5, 0.6) is 0 Å². The molecule has 0 saturated carbocycles. The fourth-order valence-electron chi connectivity index (χ4n) is 3.58. The van der Waals surface area contributed by atoms with Gasteiger partial charge in [-0.15, -0.1) is 11.3 Å². The zero-order chi connectivity index (χ0) is 21.4. The molecule has 1 saturated heterocycles. The van der Waals surface area contributed by atoms with Crippen molar-refractivity contribution in [1.82, 2.24) is 29.7 Å². The highest BCUT2D eigenvalue weighted by atomic mass is 32.1. The Kier molecular flexibility index (Phi) is 5.52. The smallest absolute Gasteiger partial charge is 0.225 e. The van der Waals surface area contributed by atoms with Gasteiger partial charge in [-0.2, -0.15) is 0 Å². The number of hydrogen-bond acceptors (Lipinski definition) is 9. The number of piperazine rings is 1. The van der Waals surface area contributed by atoms with Gasteiger partial charge in [0.25, 0.3) is 0 Å². The molecule has 1 amide bonds. The largest absolute Gasteiger partial charge is 0.382 e. The molecule has 0 aliphatic carbocycles. The van der Waals surface area contributed by atoms with Crippen molar-refractivity contribution in [2.24, 2.45) is 5.92 Å². The average Bonchev–Trinajstić information content (AvgIpc) is 3.05. The van der Waals surface area contributed by atoms with E-state index in [1.54, 1.807) is 23.7 Å². The summed E-state index contributed by atoms with van der Waals surface area (Å²) in [7, 11) is 0. The predicted octanol–water partition coefficient (Wildman–Crippen LogP) is 1.92. The monoisotopic (exact) mass is 426 g/mol. The number of fused-ring (bicyclic) bond motifs is 1. The Morgan fingerprint density at radius 2 is 1.80 bits per heavy atom. The molecule has 0 atom stereocenters. The van der Waals surface area contributed by atoms with E-state index in [0.29, 0.717) is 17.2 Å². The Hall–Kier alpha value is -2.85. The number of carbonyl (C=O) groups is 1. The van der Waals surface area contributed by atoms with Crippen LogP contribution in [0.15, 0.2) is 12.4 Å². The van der Waals surface area contributed by atoms with Gasteiger partial charge >= 0.3 is 0 Å². The minimum atomic E-state index is 0.0450. The first-order valence-electron chi connectivity index (χ1n) is 9.98. The molecule has 3 aromatic heterocycles. The molecule has 0 bridgehead atoms. The zero-order valence-corrected chi connectivity index (χ0v) is 18.2. The number of nitrogen functional groups attached to an aromatic ring is 2. The minimum absolute atomic E-state index is 0.0450. The second-order valence-electron chi connectivity index (χ2n) is 7.85. The fourth-order valence-corrected chi connectivity index (χ4v) is 4.77. The number of carbonyl (C=O) groups excluding carboxylic acids is 1. The van der Waals surface area contributed by atoms with Crippen LogP contribution in [0.2, 0.25) is 0 Å². The third-order valence-electron chi connectivity index (χ3n) is 5.37. The van der Waals surface area contributed by atoms with Crippen molar-refractivity contribution in [3.63, 3.8) is 0 Å². The van der Waals surface area contributed by atoms with Crippen molar-refractivity contribution in [1.29, 1.82) is 0 Å². The third kappa shape index (κ3) is 3.92. The topological polar surface area (TPSA) is 127 Å². The Morgan fingerprint density at radius 1 is 1.13 bits per heavy atom. The lowest BCUT2D eigenvalue weighted by Crippen LogP contribution is -2.49. The van der Waals surface area contributed by atoms with Crippen molar-refractivity contribution in [2.45, 2.75) is 27.3 Å². The zero-order valence-electron chi connectivity index (χ0n) is 17.4. The second-order valence-corrected chi connectivity index (χ2v) is 8.95. The van der Waals surface area contributed by atoms with Crippen LogP contribution >= 0.6 is 11.3 Å². The molecule has 0 aromatic carbocycles. The van der Waals surface area contributed by atoms with Crippen LogP contribution in [0.25, 0.3) is 21.6 Å². The molecular formula is C20H26N8OS. The van der Waals surface area contributed by atoms with Crippen LogP contribution in [-0.2, 0) is 11.3 Å². The molecule has 30 heavy (non-hydrogen) atoms.